The first-order valence-electron chi connectivity index (χ1n) is 4.32. The molecule has 12 heavy (non-hydrogen) atoms. The van der Waals surface area contributed by atoms with Crippen LogP contribution < -0.4 is 5.56 Å². The molecule has 1 aromatic heterocycles. The van der Waals surface area contributed by atoms with Crippen LogP contribution in [0.25, 0.3) is 0 Å². The summed E-state index contributed by atoms with van der Waals surface area (Å²) in [6.07, 6.45) is 3.69. The lowest BCUT2D eigenvalue weighted by Gasteiger charge is -2.21. The molecule has 2 heterocycles. The molecule has 0 fully saturated rings. The molecule has 64 valence electrons. The summed E-state index contributed by atoms with van der Waals surface area (Å²) >= 11 is 0. The Hall–Kier alpha value is -1.12. The zero-order valence-electron chi connectivity index (χ0n) is 7.16. The van der Waals surface area contributed by atoms with E-state index in [1.165, 1.54) is 6.07 Å². The SMILES string of the molecule is CC1CCc2nccc(=O)n2C1. The van der Waals surface area contributed by atoms with Crippen molar-refractivity contribution < 1.29 is 0 Å². The van der Waals surface area contributed by atoms with E-state index in [2.05, 4.69) is 11.9 Å². The minimum atomic E-state index is 0.0894. The molecule has 1 aliphatic rings. The van der Waals surface area contributed by atoms with Crippen molar-refractivity contribution in [3.05, 3.63) is 28.4 Å². The van der Waals surface area contributed by atoms with Crippen LogP contribution in [0, 0.1) is 5.92 Å². The van der Waals surface area contributed by atoms with E-state index in [1.54, 1.807) is 10.8 Å². The Labute approximate surface area is 71.1 Å². The fourth-order valence-corrected chi connectivity index (χ4v) is 1.65. The Morgan fingerprint density at radius 3 is 3.33 bits per heavy atom. The molecule has 0 saturated heterocycles. The standard InChI is InChI=1S/C9H12N2O/c1-7-2-3-8-10-5-4-9(12)11(8)6-7/h4-5,7H,2-3,6H2,1H3. The van der Waals surface area contributed by atoms with Gasteiger partial charge in [0.25, 0.3) is 5.56 Å². The third-order valence-electron chi connectivity index (χ3n) is 2.37. The molecule has 0 spiro atoms. The number of hydrogen-bond acceptors (Lipinski definition) is 2. The molecule has 1 unspecified atom stereocenters. The molecule has 2 rings (SSSR count). The van der Waals surface area contributed by atoms with E-state index in [4.69, 9.17) is 0 Å². The highest BCUT2D eigenvalue weighted by Crippen LogP contribution is 2.14. The zero-order chi connectivity index (χ0) is 8.55. The number of rotatable bonds is 0. The average Bonchev–Trinajstić information content (AvgIpc) is 2.07. The van der Waals surface area contributed by atoms with Gasteiger partial charge in [0.05, 0.1) is 0 Å². The molecule has 0 aromatic carbocycles. The van der Waals surface area contributed by atoms with Crippen molar-refractivity contribution in [2.45, 2.75) is 26.3 Å². The first-order chi connectivity index (χ1) is 5.77. The number of hydrogen-bond donors (Lipinski definition) is 0. The predicted octanol–water partition coefficient (Wildman–Crippen LogP) is 0.826. The number of fused-ring (bicyclic) bond motifs is 1. The minimum Gasteiger partial charge on any atom is -0.296 e. The average molecular weight is 164 g/mol. The van der Waals surface area contributed by atoms with Crippen molar-refractivity contribution in [1.29, 1.82) is 0 Å². The van der Waals surface area contributed by atoms with Gasteiger partial charge in [-0.3, -0.25) is 9.36 Å². The van der Waals surface area contributed by atoms with Crippen LogP contribution in [0.15, 0.2) is 17.1 Å². The molecular weight excluding hydrogens is 152 g/mol. The molecule has 1 aliphatic heterocycles. The monoisotopic (exact) mass is 164 g/mol. The van der Waals surface area contributed by atoms with E-state index in [-0.39, 0.29) is 5.56 Å². The van der Waals surface area contributed by atoms with Crippen molar-refractivity contribution in [3.63, 3.8) is 0 Å². The molecule has 0 aliphatic carbocycles. The third kappa shape index (κ3) is 1.15. The summed E-state index contributed by atoms with van der Waals surface area (Å²) in [7, 11) is 0. The van der Waals surface area contributed by atoms with Crippen LogP contribution in [0.1, 0.15) is 19.2 Å². The molecule has 0 N–H and O–H groups in total. The summed E-state index contributed by atoms with van der Waals surface area (Å²) in [5.41, 5.74) is 0.0894. The van der Waals surface area contributed by atoms with Crippen molar-refractivity contribution in [2.75, 3.05) is 0 Å². The highest BCUT2D eigenvalue weighted by Gasteiger charge is 2.15. The zero-order valence-corrected chi connectivity index (χ0v) is 7.16. The highest BCUT2D eigenvalue weighted by atomic mass is 16.1. The number of aromatic nitrogens is 2. The van der Waals surface area contributed by atoms with Gasteiger partial charge in [-0.05, 0) is 12.3 Å². The molecule has 3 nitrogen and oxygen atoms in total. The summed E-state index contributed by atoms with van der Waals surface area (Å²) in [6.45, 7) is 3.00. The maximum Gasteiger partial charge on any atom is 0.253 e. The van der Waals surface area contributed by atoms with E-state index in [0.29, 0.717) is 5.92 Å². The van der Waals surface area contributed by atoms with E-state index in [0.717, 1.165) is 25.2 Å². The molecule has 1 atom stereocenters. The summed E-state index contributed by atoms with van der Waals surface area (Å²) in [5.74, 6) is 1.56. The lowest BCUT2D eigenvalue weighted by molar-refractivity contribution is 0.379. The van der Waals surface area contributed by atoms with E-state index in [1.807, 2.05) is 0 Å². The normalized spacial score (nSPS) is 21.9. The predicted molar refractivity (Wildman–Crippen MR) is 46.0 cm³/mol. The number of nitrogens with zero attached hydrogens (tertiary/aromatic N) is 2. The summed E-state index contributed by atoms with van der Waals surface area (Å²) < 4.78 is 1.79. The van der Waals surface area contributed by atoms with Crippen LogP contribution in [0.5, 0.6) is 0 Å². The van der Waals surface area contributed by atoms with Crippen molar-refractivity contribution in [2.24, 2.45) is 5.92 Å². The Morgan fingerprint density at radius 2 is 2.50 bits per heavy atom. The molecule has 0 amide bonds. The van der Waals surface area contributed by atoms with Gasteiger partial charge in [0.1, 0.15) is 5.82 Å². The van der Waals surface area contributed by atoms with Gasteiger partial charge < -0.3 is 0 Å². The smallest absolute Gasteiger partial charge is 0.253 e. The molecule has 0 bridgehead atoms. The highest BCUT2D eigenvalue weighted by molar-refractivity contribution is 4.97. The van der Waals surface area contributed by atoms with Crippen LogP contribution in [0.3, 0.4) is 0 Å². The van der Waals surface area contributed by atoms with E-state index in [9.17, 15) is 4.79 Å². The largest absolute Gasteiger partial charge is 0.296 e. The Bertz CT molecular complexity index is 343. The molecule has 3 heteroatoms. The first-order valence-corrected chi connectivity index (χ1v) is 4.32. The maximum absolute atomic E-state index is 11.3. The Kier molecular flexibility index (Phi) is 1.71. The second kappa shape index (κ2) is 2.73. The lowest BCUT2D eigenvalue weighted by atomic mass is 10.0. The third-order valence-corrected chi connectivity index (χ3v) is 2.37. The van der Waals surface area contributed by atoms with Gasteiger partial charge in [0.2, 0.25) is 0 Å². The van der Waals surface area contributed by atoms with Crippen LogP contribution in [0.2, 0.25) is 0 Å². The second-order valence-corrected chi connectivity index (χ2v) is 3.45. The summed E-state index contributed by atoms with van der Waals surface area (Å²) in [6, 6.07) is 1.53. The quantitative estimate of drug-likeness (QED) is 0.569. The number of aryl methyl sites for hydroxylation is 1. The van der Waals surface area contributed by atoms with Gasteiger partial charge in [-0.2, -0.15) is 0 Å². The topological polar surface area (TPSA) is 34.9 Å². The maximum atomic E-state index is 11.3. The molecule has 0 radical (unpaired) electrons. The van der Waals surface area contributed by atoms with Gasteiger partial charge >= 0.3 is 0 Å². The van der Waals surface area contributed by atoms with Gasteiger partial charge in [-0.25, -0.2) is 4.98 Å². The minimum absolute atomic E-state index is 0.0894. The first kappa shape index (κ1) is 7.53. The fourth-order valence-electron chi connectivity index (χ4n) is 1.65. The van der Waals surface area contributed by atoms with Crippen molar-refractivity contribution in [1.82, 2.24) is 9.55 Å². The van der Waals surface area contributed by atoms with Crippen LogP contribution >= 0.6 is 0 Å². The summed E-state index contributed by atoms with van der Waals surface area (Å²) in [5, 5.41) is 0. The van der Waals surface area contributed by atoms with Gasteiger partial charge in [0.15, 0.2) is 0 Å². The van der Waals surface area contributed by atoms with E-state index < -0.39 is 0 Å². The molecular formula is C9H12N2O. The van der Waals surface area contributed by atoms with Gasteiger partial charge in [0, 0.05) is 25.2 Å². The van der Waals surface area contributed by atoms with Crippen molar-refractivity contribution >= 4 is 0 Å². The molecule has 1 aromatic rings. The van der Waals surface area contributed by atoms with Crippen molar-refractivity contribution in [3.8, 4) is 0 Å². The summed E-state index contributed by atoms with van der Waals surface area (Å²) in [4.78, 5) is 15.5. The molecule has 0 saturated carbocycles. The van der Waals surface area contributed by atoms with E-state index >= 15 is 0 Å². The lowest BCUT2D eigenvalue weighted by Crippen LogP contribution is -2.30. The second-order valence-electron chi connectivity index (χ2n) is 3.45. The van der Waals surface area contributed by atoms with Gasteiger partial charge in [-0.15, -0.1) is 0 Å². The van der Waals surface area contributed by atoms with Gasteiger partial charge in [-0.1, -0.05) is 6.92 Å². The van der Waals surface area contributed by atoms with Crippen LogP contribution in [-0.4, -0.2) is 9.55 Å². The van der Waals surface area contributed by atoms with Crippen LogP contribution in [-0.2, 0) is 13.0 Å². The Morgan fingerprint density at radius 1 is 1.67 bits per heavy atom. The fraction of sp³-hybridized carbons (Fsp3) is 0.556. The van der Waals surface area contributed by atoms with Crippen LogP contribution in [0.4, 0.5) is 0 Å². The Balaban J connectivity index is 2.50.